The minimum atomic E-state index is 0.137. The van der Waals surface area contributed by atoms with Crippen molar-refractivity contribution in [3.63, 3.8) is 0 Å². The number of nitrogens with two attached hydrogens (primary N) is 1. The molecular formula is C16H20N4OS. The number of carbonyl (C=O) groups excluding carboxylic acids is 1. The van der Waals surface area contributed by atoms with Crippen LogP contribution in [0.4, 0.5) is 5.13 Å². The molecule has 0 saturated carbocycles. The third kappa shape index (κ3) is 3.62. The van der Waals surface area contributed by atoms with Gasteiger partial charge in [0, 0.05) is 19.4 Å². The summed E-state index contributed by atoms with van der Waals surface area (Å²) in [7, 11) is 0. The van der Waals surface area contributed by atoms with Gasteiger partial charge in [0.2, 0.25) is 11.0 Å². The Balaban J connectivity index is 1.40. The first-order chi connectivity index (χ1) is 10.7. The average Bonchev–Trinajstić information content (AvgIpc) is 3.11. The standard InChI is InChI=1S/C16H20N4OS/c17-16-20-19-15(22-16)6-3-9-18-14(21)10-12-8-7-11-4-1-2-5-13(11)12/h1-2,4-5,12H,3,6-10H2,(H2,17,20)(H,18,21)/t12-/m1/s1. The van der Waals surface area contributed by atoms with Crippen molar-refractivity contribution >= 4 is 22.4 Å². The second-order valence-electron chi connectivity index (χ2n) is 5.63. The highest BCUT2D eigenvalue weighted by atomic mass is 32.1. The summed E-state index contributed by atoms with van der Waals surface area (Å²) in [5, 5.41) is 12.2. The molecule has 1 heterocycles. The van der Waals surface area contributed by atoms with Crippen molar-refractivity contribution in [2.24, 2.45) is 0 Å². The lowest BCUT2D eigenvalue weighted by molar-refractivity contribution is -0.121. The number of benzene rings is 1. The molecule has 0 fully saturated rings. The van der Waals surface area contributed by atoms with Gasteiger partial charge in [-0.1, -0.05) is 35.6 Å². The maximum absolute atomic E-state index is 12.1. The molecule has 0 bridgehead atoms. The second-order valence-corrected chi connectivity index (χ2v) is 6.72. The number of nitrogen functional groups attached to an aromatic ring is 1. The molecule has 0 radical (unpaired) electrons. The molecule has 22 heavy (non-hydrogen) atoms. The van der Waals surface area contributed by atoms with E-state index in [0.717, 1.165) is 30.7 Å². The van der Waals surface area contributed by atoms with Gasteiger partial charge >= 0.3 is 0 Å². The molecule has 0 saturated heterocycles. The number of anilines is 1. The Morgan fingerprint density at radius 2 is 2.23 bits per heavy atom. The van der Waals surface area contributed by atoms with Crippen molar-refractivity contribution in [2.45, 2.75) is 38.0 Å². The lowest BCUT2D eigenvalue weighted by atomic mass is 9.97. The summed E-state index contributed by atoms with van der Waals surface area (Å²) in [6.07, 6.45) is 4.43. The molecule has 1 aliphatic rings. The predicted molar refractivity (Wildman–Crippen MR) is 87.8 cm³/mol. The van der Waals surface area contributed by atoms with Crippen LogP contribution in [0.3, 0.4) is 0 Å². The highest BCUT2D eigenvalue weighted by Gasteiger charge is 2.23. The quantitative estimate of drug-likeness (QED) is 0.801. The zero-order valence-corrected chi connectivity index (χ0v) is 13.2. The van der Waals surface area contributed by atoms with Crippen molar-refractivity contribution in [1.29, 1.82) is 0 Å². The molecule has 0 aliphatic heterocycles. The summed E-state index contributed by atoms with van der Waals surface area (Å²) in [6, 6.07) is 8.45. The largest absolute Gasteiger partial charge is 0.374 e. The fourth-order valence-corrected chi connectivity index (χ4v) is 3.64. The number of amides is 1. The van der Waals surface area contributed by atoms with Gasteiger partial charge in [-0.15, -0.1) is 10.2 Å². The first-order valence-electron chi connectivity index (χ1n) is 7.64. The molecule has 3 rings (SSSR count). The highest BCUT2D eigenvalue weighted by molar-refractivity contribution is 7.15. The smallest absolute Gasteiger partial charge is 0.220 e. The Morgan fingerprint density at radius 3 is 3.05 bits per heavy atom. The van der Waals surface area contributed by atoms with Crippen LogP contribution in [0.15, 0.2) is 24.3 Å². The number of fused-ring (bicyclic) bond motifs is 1. The van der Waals surface area contributed by atoms with Crippen molar-refractivity contribution in [3.05, 3.63) is 40.4 Å². The first kappa shape index (κ1) is 15.0. The Hall–Kier alpha value is -1.95. The number of rotatable bonds is 6. The van der Waals surface area contributed by atoms with E-state index in [9.17, 15) is 4.79 Å². The van der Waals surface area contributed by atoms with Crippen LogP contribution in [0.5, 0.6) is 0 Å². The molecule has 1 aliphatic carbocycles. The molecule has 1 amide bonds. The normalized spacial score (nSPS) is 16.5. The summed E-state index contributed by atoms with van der Waals surface area (Å²) in [5.41, 5.74) is 8.28. The highest BCUT2D eigenvalue weighted by Crippen LogP contribution is 2.34. The van der Waals surface area contributed by atoms with Crippen LogP contribution in [-0.2, 0) is 17.6 Å². The molecule has 2 aromatic rings. The number of nitrogens with one attached hydrogen (secondary N) is 1. The van der Waals surface area contributed by atoms with Crippen molar-refractivity contribution in [1.82, 2.24) is 15.5 Å². The number of nitrogens with zero attached hydrogens (tertiary/aromatic N) is 2. The number of aryl methyl sites for hydroxylation is 2. The lowest BCUT2D eigenvalue weighted by Crippen LogP contribution is -2.26. The van der Waals surface area contributed by atoms with E-state index in [1.807, 2.05) is 0 Å². The van der Waals surface area contributed by atoms with E-state index in [-0.39, 0.29) is 5.91 Å². The van der Waals surface area contributed by atoms with Crippen molar-refractivity contribution < 1.29 is 4.79 Å². The fraction of sp³-hybridized carbons (Fsp3) is 0.438. The van der Waals surface area contributed by atoms with E-state index in [2.05, 4.69) is 39.8 Å². The molecule has 1 aromatic carbocycles. The maximum Gasteiger partial charge on any atom is 0.220 e. The lowest BCUT2D eigenvalue weighted by Gasteiger charge is -2.11. The Kier molecular flexibility index (Phi) is 4.68. The van der Waals surface area contributed by atoms with Crippen LogP contribution in [0.25, 0.3) is 0 Å². The predicted octanol–water partition coefficient (Wildman–Crippen LogP) is 2.29. The third-order valence-electron chi connectivity index (χ3n) is 4.06. The van der Waals surface area contributed by atoms with Gasteiger partial charge in [-0.25, -0.2) is 0 Å². The zero-order chi connectivity index (χ0) is 15.4. The van der Waals surface area contributed by atoms with Gasteiger partial charge in [-0.3, -0.25) is 4.79 Å². The van der Waals surface area contributed by atoms with Crippen LogP contribution in [0.1, 0.15) is 41.3 Å². The fourth-order valence-electron chi connectivity index (χ4n) is 2.99. The number of hydrogen-bond acceptors (Lipinski definition) is 5. The Morgan fingerprint density at radius 1 is 1.36 bits per heavy atom. The van der Waals surface area contributed by atoms with Gasteiger partial charge in [-0.2, -0.15) is 0 Å². The SMILES string of the molecule is Nc1nnc(CCCNC(=O)C[C@H]2CCc3ccccc32)s1. The maximum atomic E-state index is 12.1. The van der Waals surface area contributed by atoms with E-state index in [1.165, 1.54) is 22.5 Å². The molecule has 5 nitrogen and oxygen atoms in total. The molecule has 0 spiro atoms. The van der Waals surface area contributed by atoms with Gasteiger partial charge < -0.3 is 11.1 Å². The number of aromatic nitrogens is 2. The third-order valence-corrected chi connectivity index (χ3v) is 4.87. The van der Waals surface area contributed by atoms with Crippen LogP contribution < -0.4 is 11.1 Å². The molecule has 1 aromatic heterocycles. The summed E-state index contributed by atoms with van der Waals surface area (Å²) in [4.78, 5) is 12.1. The topological polar surface area (TPSA) is 80.9 Å². The summed E-state index contributed by atoms with van der Waals surface area (Å²) >= 11 is 1.41. The Labute approximate surface area is 134 Å². The molecular weight excluding hydrogens is 296 g/mol. The second kappa shape index (κ2) is 6.87. The van der Waals surface area contributed by atoms with Gasteiger partial charge in [0.05, 0.1) is 0 Å². The summed E-state index contributed by atoms with van der Waals surface area (Å²) < 4.78 is 0. The first-order valence-corrected chi connectivity index (χ1v) is 8.46. The molecule has 1 atom stereocenters. The van der Waals surface area contributed by atoms with Crippen LogP contribution in [0, 0.1) is 0 Å². The molecule has 6 heteroatoms. The van der Waals surface area contributed by atoms with Crippen LogP contribution >= 0.6 is 11.3 Å². The van der Waals surface area contributed by atoms with Crippen LogP contribution in [0.2, 0.25) is 0 Å². The molecule has 116 valence electrons. The average molecular weight is 316 g/mol. The monoisotopic (exact) mass is 316 g/mol. The number of carbonyl (C=O) groups is 1. The summed E-state index contributed by atoms with van der Waals surface area (Å²) in [6.45, 7) is 0.673. The zero-order valence-electron chi connectivity index (χ0n) is 12.4. The minimum Gasteiger partial charge on any atom is -0.374 e. The van der Waals surface area contributed by atoms with E-state index in [1.54, 1.807) is 0 Å². The molecule has 3 N–H and O–H groups in total. The van der Waals surface area contributed by atoms with Gasteiger partial charge in [0.25, 0.3) is 0 Å². The molecule has 0 unspecified atom stereocenters. The van der Waals surface area contributed by atoms with Crippen LogP contribution in [-0.4, -0.2) is 22.6 Å². The van der Waals surface area contributed by atoms with Gasteiger partial charge in [0.15, 0.2) is 0 Å². The van der Waals surface area contributed by atoms with E-state index >= 15 is 0 Å². The van der Waals surface area contributed by atoms with Gasteiger partial charge in [0.1, 0.15) is 5.01 Å². The van der Waals surface area contributed by atoms with E-state index in [0.29, 0.717) is 24.0 Å². The minimum absolute atomic E-state index is 0.137. The van der Waals surface area contributed by atoms with E-state index < -0.39 is 0 Å². The Bertz CT molecular complexity index is 655. The van der Waals surface area contributed by atoms with Gasteiger partial charge in [-0.05, 0) is 36.3 Å². The van der Waals surface area contributed by atoms with Crippen molar-refractivity contribution in [2.75, 3.05) is 12.3 Å². The van der Waals surface area contributed by atoms with Crippen molar-refractivity contribution in [3.8, 4) is 0 Å². The summed E-state index contributed by atoms with van der Waals surface area (Å²) in [5.74, 6) is 0.512. The van der Waals surface area contributed by atoms with E-state index in [4.69, 9.17) is 5.73 Å². The number of hydrogen-bond donors (Lipinski definition) is 2.